The third-order valence-corrected chi connectivity index (χ3v) is 4.20. The van der Waals surface area contributed by atoms with Gasteiger partial charge in [-0.05, 0) is 30.7 Å². The Bertz CT molecular complexity index is 725. The zero-order valence-corrected chi connectivity index (χ0v) is 14.9. The second kappa shape index (κ2) is 9.03. The Balaban J connectivity index is 1.42. The van der Waals surface area contributed by atoms with Crippen molar-refractivity contribution >= 4 is 11.8 Å². The van der Waals surface area contributed by atoms with Crippen LogP contribution in [0.25, 0.3) is 0 Å². The molecule has 0 amide bonds. The van der Waals surface area contributed by atoms with Gasteiger partial charge in [0.15, 0.2) is 17.6 Å². The first kappa shape index (κ1) is 18.0. The van der Waals surface area contributed by atoms with Crippen LogP contribution in [0, 0.1) is 5.82 Å². The average molecular weight is 357 g/mol. The smallest absolute Gasteiger partial charge is 0.191 e. The number of nitrogens with zero attached hydrogens (tertiary/aromatic N) is 3. The van der Waals surface area contributed by atoms with Crippen LogP contribution in [0.2, 0.25) is 0 Å². The standard InChI is InChI=1S/C19H24FN5O/c1-21-19(23-11-13-26-16-6-3-2-4-7-16)24-15-9-12-25(14-15)18-17(20)8-5-10-22-18/h2-8,10,15H,9,11-14H2,1H3,(H2,21,23,24). The third-order valence-electron chi connectivity index (χ3n) is 4.20. The van der Waals surface area contributed by atoms with E-state index in [1.165, 1.54) is 6.07 Å². The number of halogens is 1. The highest BCUT2D eigenvalue weighted by molar-refractivity contribution is 5.80. The first-order valence-corrected chi connectivity index (χ1v) is 8.77. The van der Waals surface area contributed by atoms with E-state index >= 15 is 0 Å². The molecule has 1 aliphatic heterocycles. The minimum Gasteiger partial charge on any atom is -0.492 e. The topological polar surface area (TPSA) is 61.8 Å². The molecule has 0 radical (unpaired) electrons. The molecule has 2 aromatic rings. The summed E-state index contributed by atoms with van der Waals surface area (Å²) in [5, 5.41) is 6.61. The van der Waals surface area contributed by atoms with Gasteiger partial charge in [-0.2, -0.15) is 0 Å². The van der Waals surface area contributed by atoms with Crippen LogP contribution >= 0.6 is 0 Å². The van der Waals surface area contributed by atoms with Crippen LogP contribution in [0.5, 0.6) is 5.75 Å². The summed E-state index contributed by atoms with van der Waals surface area (Å²) in [6, 6.07) is 12.9. The minimum atomic E-state index is -0.284. The number of aromatic nitrogens is 1. The van der Waals surface area contributed by atoms with Crippen LogP contribution < -0.4 is 20.3 Å². The van der Waals surface area contributed by atoms with Crippen LogP contribution in [-0.2, 0) is 0 Å². The molecule has 0 bridgehead atoms. The van der Waals surface area contributed by atoms with Gasteiger partial charge in [0.2, 0.25) is 0 Å². The molecule has 3 rings (SSSR count). The summed E-state index contributed by atoms with van der Waals surface area (Å²) in [5.41, 5.74) is 0. The van der Waals surface area contributed by atoms with E-state index in [0.717, 1.165) is 24.7 Å². The van der Waals surface area contributed by atoms with Gasteiger partial charge in [-0.1, -0.05) is 18.2 Å². The molecule has 2 N–H and O–H groups in total. The number of rotatable bonds is 6. The number of nitrogens with one attached hydrogen (secondary N) is 2. The van der Waals surface area contributed by atoms with Crippen LogP contribution in [0.1, 0.15) is 6.42 Å². The van der Waals surface area contributed by atoms with E-state index in [4.69, 9.17) is 4.74 Å². The monoisotopic (exact) mass is 357 g/mol. The number of anilines is 1. The third kappa shape index (κ3) is 4.84. The highest BCUT2D eigenvalue weighted by Crippen LogP contribution is 2.20. The number of para-hydroxylation sites is 1. The van der Waals surface area contributed by atoms with E-state index in [1.807, 2.05) is 35.2 Å². The highest BCUT2D eigenvalue weighted by Gasteiger charge is 2.25. The lowest BCUT2D eigenvalue weighted by atomic mass is 10.3. The van der Waals surface area contributed by atoms with Gasteiger partial charge < -0.3 is 20.3 Å². The van der Waals surface area contributed by atoms with Crippen LogP contribution in [0.3, 0.4) is 0 Å². The Morgan fingerprint density at radius 1 is 1.31 bits per heavy atom. The molecule has 1 aliphatic rings. The first-order chi connectivity index (χ1) is 12.8. The summed E-state index contributed by atoms with van der Waals surface area (Å²) in [5.74, 6) is 1.70. The number of benzene rings is 1. The van der Waals surface area contributed by atoms with Crippen LogP contribution in [-0.4, -0.2) is 50.3 Å². The zero-order valence-electron chi connectivity index (χ0n) is 14.9. The Labute approximate surface area is 153 Å². The molecule has 6 nitrogen and oxygen atoms in total. The van der Waals surface area contributed by atoms with E-state index in [-0.39, 0.29) is 11.9 Å². The molecule has 1 aromatic heterocycles. The fourth-order valence-corrected chi connectivity index (χ4v) is 2.92. The molecule has 138 valence electrons. The summed E-state index contributed by atoms with van der Waals surface area (Å²) in [7, 11) is 1.73. The summed E-state index contributed by atoms with van der Waals surface area (Å²) in [6.07, 6.45) is 2.52. The van der Waals surface area contributed by atoms with Crippen LogP contribution in [0.4, 0.5) is 10.2 Å². The summed E-state index contributed by atoms with van der Waals surface area (Å²) in [6.45, 7) is 2.63. The first-order valence-electron chi connectivity index (χ1n) is 8.77. The molecular weight excluding hydrogens is 333 g/mol. The van der Waals surface area contributed by atoms with E-state index in [1.54, 1.807) is 19.3 Å². The molecule has 1 saturated heterocycles. The molecular formula is C19H24FN5O. The lowest BCUT2D eigenvalue weighted by molar-refractivity contribution is 0.321. The van der Waals surface area contributed by atoms with Crippen molar-refractivity contribution in [2.45, 2.75) is 12.5 Å². The van der Waals surface area contributed by atoms with Crippen molar-refractivity contribution in [1.29, 1.82) is 0 Å². The van der Waals surface area contributed by atoms with E-state index in [2.05, 4.69) is 20.6 Å². The lowest BCUT2D eigenvalue weighted by Gasteiger charge is -2.20. The zero-order chi connectivity index (χ0) is 18.2. The van der Waals surface area contributed by atoms with Crippen molar-refractivity contribution in [3.63, 3.8) is 0 Å². The average Bonchev–Trinajstić information content (AvgIpc) is 3.13. The molecule has 2 heterocycles. The molecule has 0 saturated carbocycles. The highest BCUT2D eigenvalue weighted by atomic mass is 19.1. The summed E-state index contributed by atoms with van der Waals surface area (Å²) >= 11 is 0. The van der Waals surface area contributed by atoms with Crippen molar-refractivity contribution in [2.75, 3.05) is 38.2 Å². The van der Waals surface area contributed by atoms with Gasteiger partial charge in [0, 0.05) is 32.4 Å². The van der Waals surface area contributed by atoms with Gasteiger partial charge in [-0.25, -0.2) is 9.37 Å². The fourth-order valence-electron chi connectivity index (χ4n) is 2.92. The Hall–Kier alpha value is -2.83. The van der Waals surface area contributed by atoms with Gasteiger partial charge in [0.05, 0.1) is 6.54 Å². The maximum absolute atomic E-state index is 13.9. The predicted molar refractivity (Wildman–Crippen MR) is 101 cm³/mol. The number of hydrogen-bond acceptors (Lipinski definition) is 4. The second-order valence-electron chi connectivity index (χ2n) is 6.05. The molecule has 1 fully saturated rings. The summed E-state index contributed by atoms with van der Waals surface area (Å²) < 4.78 is 19.5. The second-order valence-corrected chi connectivity index (χ2v) is 6.05. The number of hydrogen-bond donors (Lipinski definition) is 2. The van der Waals surface area contributed by atoms with Crippen molar-refractivity contribution in [2.24, 2.45) is 4.99 Å². The Morgan fingerprint density at radius 3 is 2.92 bits per heavy atom. The van der Waals surface area contributed by atoms with Crippen molar-refractivity contribution in [3.8, 4) is 5.75 Å². The van der Waals surface area contributed by atoms with Gasteiger partial charge in [-0.3, -0.25) is 4.99 Å². The maximum Gasteiger partial charge on any atom is 0.191 e. The fraction of sp³-hybridized carbons (Fsp3) is 0.368. The number of pyridine rings is 1. The molecule has 26 heavy (non-hydrogen) atoms. The van der Waals surface area contributed by atoms with E-state index in [0.29, 0.717) is 25.5 Å². The van der Waals surface area contributed by atoms with E-state index in [9.17, 15) is 4.39 Å². The van der Waals surface area contributed by atoms with Gasteiger partial charge in [-0.15, -0.1) is 0 Å². The molecule has 0 spiro atoms. The summed E-state index contributed by atoms with van der Waals surface area (Å²) in [4.78, 5) is 10.3. The van der Waals surface area contributed by atoms with Crippen molar-refractivity contribution < 1.29 is 9.13 Å². The Morgan fingerprint density at radius 2 is 2.15 bits per heavy atom. The molecule has 1 atom stereocenters. The quantitative estimate of drug-likeness (QED) is 0.471. The largest absolute Gasteiger partial charge is 0.492 e. The molecule has 1 unspecified atom stereocenters. The number of guanidine groups is 1. The SMILES string of the molecule is CN=C(NCCOc1ccccc1)NC1CCN(c2ncccc2F)C1. The molecule has 0 aliphatic carbocycles. The maximum atomic E-state index is 13.9. The van der Waals surface area contributed by atoms with Crippen LogP contribution in [0.15, 0.2) is 53.7 Å². The van der Waals surface area contributed by atoms with Gasteiger partial charge in [0.25, 0.3) is 0 Å². The van der Waals surface area contributed by atoms with E-state index < -0.39 is 0 Å². The van der Waals surface area contributed by atoms with Gasteiger partial charge >= 0.3 is 0 Å². The molecule has 7 heteroatoms. The van der Waals surface area contributed by atoms with Gasteiger partial charge in [0.1, 0.15) is 12.4 Å². The number of aliphatic imine (C=N–C) groups is 1. The Kier molecular flexibility index (Phi) is 6.24. The normalized spacial score (nSPS) is 17.2. The lowest BCUT2D eigenvalue weighted by Crippen LogP contribution is -2.45. The minimum absolute atomic E-state index is 0.192. The molecule has 1 aromatic carbocycles. The van der Waals surface area contributed by atoms with Crippen molar-refractivity contribution in [1.82, 2.24) is 15.6 Å². The number of ether oxygens (including phenoxy) is 1. The predicted octanol–water partition coefficient (Wildman–Crippen LogP) is 2.04. The van der Waals surface area contributed by atoms with Crippen molar-refractivity contribution in [3.05, 3.63) is 54.5 Å².